The Hall–Kier alpha value is -2.89. The number of benzene rings is 1. The van der Waals surface area contributed by atoms with Gasteiger partial charge in [-0.3, -0.25) is 9.48 Å². The first-order valence-electron chi connectivity index (χ1n) is 6.04. The van der Waals surface area contributed by atoms with Crippen LogP contribution in [0.1, 0.15) is 0 Å². The lowest BCUT2D eigenvalue weighted by molar-refractivity contribution is 0.454. The summed E-state index contributed by atoms with van der Waals surface area (Å²) < 4.78 is 1.57. The maximum Gasteiger partial charge on any atom is 0.262 e. The third-order valence-electron chi connectivity index (χ3n) is 3.03. The first-order valence-corrected chi connectivity index (χ1v) is 6.04. The standard InChI is InChI=1S/C14H12N4O2/c1-18-10(7-8-15-18)12-16-13(19)11(14(20)17-12)9-5-3-2-4-6-9/h2-8H,1H3,(H2,16,17,19,20). The number of rotatable bonds is 2. The summed E-state index contributed by atoms with van der Waals surface area (Å²) in [7, 11) is 1.73. The van der Waals surface area contributed by atoms with Crippen molar-refractivity contribution in [2.75, 3.05) is 0 Å². The molecule has 0 saturated carbocycles. The van der Waals surface area contributed by atoms with Crippen molar-refractivity contribution < 1.29 is 5.11 Å². The Morgan fingerprint density at radius 1 is 1.20 bits per heavy atom. The van der Waals surface area contributed by atoms with Crippen LogP contribution in [-0.4, -0.2) is 24.9 Å². The molecule has 2 N–H and O–H groups in total. The molecule has 6 heteroatoms. The maximum atomic E-state index is 12.2. The van der Waals surface area contributed by atoms with Crippen LogP contribution in [0, 0.1) is 0 Å². The molecule has 6 nitrogen and oxygen atoms in total. The van der Waals surface area contributed by atoms with Crippen LogP contribution in [0.3, 0.4) is 0 Å². The number of aryl methyl sites for hydroxylation is 1. The Morgan fingerprint density at radius 3 is 2.55 bits per heavy atom. The molecule has 1 aromatic carbocycles. The quantitative estimate of drug-likeness (QED) is 0.738. The molecule has 3 aromatic rings. The van der Waals surface area contributed by atoms with Crippen LogP contribution in [0.5, 0.6) is 5.88 Å². The van der Waals surface area contributed by atoms with Gasteiger partial charge in [-0.15, -0.1) is 0 Å². The minimum Gasteiger partial charge on any atom is -0.493 e. The van der Waals surface area contributed by atoms with E-state index in [1.807, 2.05) is 6.07 Å². The topological polar surface area (TPSA) is 83.8 Å². The molecule has 0 spiro atoms. The summed E-state index contributed by atoms with van der Waals surface area (Å²) in [5, 5.41) is 14.1. The molecule has 0 bridgehead atoms. The molecule has 2 heterocycles. The summed E-state index contributed by atoms with van der Waals surface area (Å²) in [5.74, 6) is -0.0108. The monoisotopic (exact) mass is 268 g/mol. The molecule has 0 unspecified atom stereocenters. The molecule has 0 aliphatic carbocycles. The van der Waals surface area contributed by atoms with Crippen molar-refractivity contribution in [2.45, 2.75) is 0 Å². The molecule has 3 rings (SSSR count). The number of nitrogens with zero attached hydrogens (tertiary/aromatic N) is 3. The predicted molar refractivity (Wildman–Crippen MR) is 74.2 cm³/mol. The maximum absolute atomic E-state index is 12.2. The van der Waals surface area contributed by atoms with E-state index in [1.165, 1.54) is 0 Å². The zero-order chi connectivity index (χ0) is 14.1. The van der Waals surface area contributed by atoms with E-state index in [9.17, 15) is 9.90 Å². The van der Waals surface area contributed by atoms with E-state index < -0.39 is 0 Å². The minimum absolute atomic E-state index is 0.163. The summed E-state index contributed by atoms with van der Waals surface area (Å²) in [5.41, 5.74) is 1.02. The third kappa shape index (κ3) is 1.97. The van der Waals surface area contributed by atoms with Gasteiger partial charge >= 0.3 is 0 Å². The van der Waals surface area contributed by atoms with Gasteiger partial charge in [0.25, 0.3) is 5.56 Å². The Balaban J connectivity index is 2.18. The summed E-state index contributed by atoms with van der Waals surface area (Å²) in [6.07, 6.45) is 1.59. The molecule has 0 amide bonds. The van der Waals surface area contributed by atoms with Gasteiger partial charge in [0.15, 0.2) is 5.82 Å². The van der Waals surface area contributed by atoms with Crippen LogP contribution in [0.2, 0.25) is 0 Å². The van der Waals surface area contributed by atoms with Crippen molar-refractivity contribution in [2.24, 2.45) is 7.05 Å². The molecular weight excluding hydrogens is 256 g/mol. The Kier molecular flexibility index (Phi) is 2.83. The van der Waals surface area contributed by atoms with Crippen molar-refractivity contribution >= 4 is 0 Å². The van der Waals surface area contributed by atoms with Gasteiger partial charge in [0.05, 0.1) is 0 Å². The van der Waals surface area contributed by atoms with E-state index in [1.54, 1.807) is 48.3 Å². The highest BCUT2D eigenvalue weighted by atomic mass is 16.3. The molecule has 0 saturated heterocycles. The number of hydrogen-bond donors (Lipinski definition) is 2. The average Bonchev–Trinajstić information content (AvgIpc) is 2.85. The molecule has 0 atom stereocenters. The van der Waals surface area contributed by atoms with Gasteiger partial charge in [-0.05, 0) is 11.6 Å². The highest BCUT2D eigenvalue weighted by Crippen LogP contribution is 2.24. The number of nitrogens with one attached hydrogen (secondary N) is 1. The van der Waals surface area contributed by atoms with Crippen LogP contribution >= 0.6 is 0 Å². The smallest absolute Gasteiger partial charge is 0.262 e. The lowest BCUT2D eigenvalue weighted by Crippen LogP contribution is -2.13. The zero-order valence-corrected chi connectivity index (χ0v) is 10.7. The number of aromatic nitrogens is 4. The molecule has 0 radical (unpaired) electrons. The number of aromatic hydroxyl groups is 1. The van der Waals surface area contributed by atoms with Gasteiger partial charge in [-0.25, -0.2) is 0 Å². The van der Waals surface area contributed by atoms with E-state index in [0.29, 0.717) is 11.3 Å². The van der Waals surface area contributed by atoms with Gasteiger partial charge < -0.3 is 10.1 Å². The molecule has 0 aliphatic rings. The molecule has 0 fully saturated rings. The first kappa shape index (κ1) is 12.2. The predicted octanol–water partition coefficient (Wildman–Crippen LogP) is 1.54. The molecule has 20 heavy (non-hydrogen) atoms. The lowest BCUT2D eigenvalue weighted by Gasteiger charge is -2.06. The highest BCUT2D eigenvalue weighted by Gasteiger charge is 2.14. The van der Waals surface area contributed by atoms with Gasteiger partial charge in [0, 0.05) is 13.2 Å². The van der Waals surface area contributed by atoms with E-state index >= 15 is 0 Å². The fourth-order valence-electron chi connectivity index (χ4n) is 2.05. The van der Waals surface area contributed by atoms with Crippen LogP contribution < -0.4 is 5.56 Å². The van der Waals surface area contributed by atoms with Crippen molar-refractivity contribution in [1.82, 2.24) is 19.7 Å². The summed E-state index contributed by atoms with van der Waals surface area (Å²) >= 11 is 0. The second-order valence-electron chi connectivity index (χ2n) is 4.32. The number of aromatic amines is 1. The molecular formula is C14H12N4O2. The summed E-state index contributed by atoms with van der Waals surface area (Å²) in [6, 6.07) is 10.6. The Morgan fingerprint density at radius 2 is 1.95 bits per heavy atom. The Bertz CT molecular complexity index is 806. The molecule has 0 aliphatic heterocycles. The van der Waals surface area contributed by atoms with Gasteiger partial charge in [0.1, 0.15) is 11.3 Å². The van der Waals surface area contributed by atoms with Gasteiger partial charge in [-0.2, -0.15) is 10.1 Å². The van der Waals surface area contributed by atoms with E-state index in [2.05, 4.69) is 15.1 Å². The van der Waals surface area contributed by atoms with Crippen LogP contribution in [0.15, 0.2) is 47.4 Å². The second-order valence-corrected chi connectivity index (χ2v) is 4.32. The van der Waals surface area contributed by atoms with Gasteiger partial charge in [0.2, 0.25) is 5.88 Å². The van der Waals surface area contributed by atoms with E-state index in [-0.39, 0.29) is 22.8 Å². The highest BCUT2D eigenvalue weighted by molar-refractivity contribution is 5.68. The van der Waals surface area contributed by atoms with Crippen molar-refractivity contribution in [1.29, 1.82) is 0 Å². The van der Waals surface area contributed by atoms with E-state index in [4.69, 9.17) is 0 Å². The summed E-state index contributed by atoms with van der Waals surface area (Å²) in [6.45, 7) is 0. The van der Waals surface area contributed by atoms with Crippen LogP contribution in [0.4, 0.5) is 0 Å². The minimum atomic E-state index is -0.389. The fraction of sp³-hybridized carbons (Fsp3) is 0.0714. The second kappa shape index (κ2) is 4.65. The van der Waals surface area contributed by atoms with Crippen LogP contribution in [-0.2, 0) is 7.05 Å². The van der Waals surface area contributed by atoms with Crippen molar-refractivity contribution in [3.8, 4) is 28.5 Å². The SMILES string of the molecule is Cn1nccc1-c1nc(O)c(-c2ccccc2)c(=O)[nH]1. The molecule has 100 valence electrons. The zero-order valence-electron chi connectivity index (χ0n) is 10.7. The normalized spacial score (nSPS) is 10.7. The largest absolute Gasteiger partial charge is 0.493 e. The van der Waals surface area contributed by atoms with Gasteiger partial charge in [-0.1, -0.05) is 30.3 Å². The van der Waals surface area contributed by atoms with Crippen molar-refractivity contribution in [3.05, 3.63) is 52.9 Å². The van der Waals surface area contributed by atoms with E-state index in [0.717, 1.165) is 0 Å². The first-order chi connectivity index (χ1) is 9.66. The van der Waals surface area contributed by atoms with Crippen LogP contribution in [0.25, 0.3) is 22.6 Å². The Labute approximate surface area is 114 Å². The lowest BCUT2D eigenvalue weighted by atomic mass is 10.1. The average molecular weight is 268 g/mol. The number of H-pyrrole nitrogens is 1. The van der Waals surface area contributed by atoms with Crippen molar-refractivity contribution in [3.63, 3.8) is 0 Å². The fourth-order valence-corrected chi connectivity index (χ4v) is 2.05. The third-order valence-corrected chi connectivity index (χ3v) is 3.03. The molecule has 2 aromatic heterocycles. The number of hydrogen-bond acceptors (Lipinski definition) is 4. The summed E-state index contributed by atoms with van der Waals surface area (Å²) in [4.78, 5) is 18.9.